The van der Waals surface area contributed by atoms with Crippen LogP contribution in [0.2, 0.25) is 0 Å². The number of ether oxygens (including phenoxy) is 1. The summed E-state index contributed by atoms with van der Waals surface area (Å²) in [6, 6.07) is 4.66. The lowest BCUT2D eigenvalue weighted by Crippen LogP contribution is -2.41. The van der Waals surface area contributed by atoms with Crippen LogP contribution in [0.25, 0.3) is 0 Å². The molecule has 2 unspecified atom stereocenters. The second kappa shape index (κ2) is 11.0. The van der Waals surface area contributed by atoms with Crippen LogP contribution >= 0.6 is 0 Å². The van der Waals surface area contributed by atoms with Crippen molar-refractivity contribution in [1.82, 2.24) is 19.8 Å². The zero-order chi connectivity index (χ0) is 23.1. The number of benzene rings is 1. The average molecular weight is 467 g/mol. The number of hydrogen-bond donors (Lipinski definition) is 3. The molecule has 3 N–H and O–H groups in total. The molecule has 11 heteroatoms. The van der Waals surface area contributed by atoms with Gasteiger partial charge in [0.15, 0.2) is 0 Å². The second-order valence-electron chi connectivity index (χ2n) is 7.79. The number of hydrogen-bond acceptors (Lipinski definition) is 7. The molecule has 1 aromatic rings. The average Bonchev–Trinajstić information content (AvgIpc) is 3.23. The summed E-state index contributed by atoms with van der Waals surface area (Å²) in [5, 5.41) is 15.2. The molecule has 32 heavy (non-hydrogen) atoms. The van der Waals surface area contributed by atoms with Crippen LogP contribution in [0.15, 0.2) is 41.8 Å². The van der Waals surface area contributed by atoms with Crippen molar-refractivity contribution in [1.29, 1.82) is 0 Å². The SMILES string of the molecule is C=CC(=O)NC1CC(CO)N(S(=O)(=O)c2ccc(C(=O)NCCN3CCOCC3)cc2)C1. The fourth-order valence-electron chi connectivity index (χ4n) is 3.88. The Bertz CT molecular complexity index is 915. The van der Waals surface area contributed by atoms with Crippen molar-refractivity contribution in [3.05, 3.63) is 42.5 Å². The summed E-state index contributed by atoms with van der Waals surface area (Å²) in [6.07, 6.45) is 1.43. The Labute approximate surface area is 188 Å². The summed E-state index contributed by atoms with van der Waals surface area (Å²) in [4.78, 5) is 26.2. The molecule has 2 aliphatic rings. The molecule has 0 aromatic heterocycles. The molecule has 2 fully saturated rings. The molecule has 2 saturated heterocycles. The Hall–Kier alpha value is -2.31. The van der Waals surface area contributed by atoms with Gasteiger partial charge in [-0.15, -0.1) is 0 Å². The van der Waals surface area contributed by atoms with Gasteiger partial charge in [-0.1, -0.05) is 6.58 Å². The highest BCUT2D eigenvalue weighted by atomic mass is 32.2. The fraction of sp³-hybridized carbons (Fsp3) is 0.524. The van der Waals surface area contributed by atoms with Gasteiger partial charge in [0.05, 0.1) is 30.8 Å². The zero-order valence-electron chi connectivity index (χ0n) is 17.9. The molecule has 0 radical (unpaired) electrons. The van der Waals surface area contributed by atoms with Crippen LogP contribution in [-0.2, 0) is 19.6 Å². The van der Waals surface area contributed by atoms with Crippen molar-refractivity contribution in [3.63, 3.8) is 0 Å². The highest BCUT2D eigenvalue weighted by Crippen LogP contribution is 2.26. The van der Waals surface area contributed by atoms with E-state index in [9.17, 15) is 23.1 Å². The van der Waals surface area contributed by atoms with Crippen molar-refractivity contribution in [2.24, 2.45) is 0 Å². The van der Waals surface area contributed by atoms with Gasteiger partial charge in [-0.3, -0.25) is 14.5 Å². The molecule has 10 nitrogen and oxygen atoms in total. The van der Waals surface area contributed by atoms with E-state index in [0.717, 1.165) is 25.7 Å². The number of aliphatic hydroxyl groups excluding tert-OH is 1. The van der Waals surface area contributed by atoms with Crippen LogP contribution in [0.4, 0.5) is 0 Å². The highest BCUT2D eigenvalue weighted by molar-refractivity contribution is 7.89. The first kappa shape index (κ1) is 24.3. The number of sulfonamides is 1. The maximum atomic E-state index is 13.1. The largest absolute Gasteiger partial charge is 0.395 e. The predicted octanol–water partition coefficient (Wildman–Crippen LogP) is -0.825. The smallest absolute Gasteiger partial charge is 0.251 e. The van der Waals surface area contributed by atoms with Crippen LogP contribution < -0.4 is 10.6 Å². The Morgan fingerprint density at radius 2 is 1.91 bits per heavy atom. The number of morpholine rings is 1. The molecule has 1 aromatic carbocycles. The standard InChI is InChI=1S/C21H30N4O6S/c1-2-20(27)23-17-13-18(15-26)25(14-17)32(29,30)19-5-3-16(4-6-19)21(28)22-7-8-24-9-11-31-12-10-24/h2-6,17-18,26H,1,7-15H2,(H,22,28)(H,23,27). The second-order valence-corrected chi connectivity index (χ2v) is 9.68. The quantitative estimate of drug-likeness (QED) is 0.406. The molecule has 2 amide bonds. The van der Waals surface area contributed by atoms with Crippen LogP contribution in [0.3, 0.4) is 0 Å². The third kappa shape index (κ3) is 5.93. The van der Waals surface area contributed by atoms with E-state index in [1.807, 2.05) is 0 Å². The molecule has 176 valence electrons. The van der Waals surface area contributed by atoms with Gasteiger partial charge in [-0.25, -0.2) is 8.42 Å². The maximum Gasteiger partial charge on any atom is 0.251 e. The van der Waals surface area contributed by atoms with Crippen molar-refractivity contribution in [3.8, 4) is 0 Å². The number of carbonyl (C=O) groups is 2. The van der Waals surface area contributed by atoms with Gasteiger partial charge in [0.25, 0.3) is 5.91 Å². The zero-order valence-corrected chi connectivity index (χ0v) is 18.7. The highest BCUT2D eigenvalue weighted by Gasteiger charge is 2.40. The summed E-state index contributed by atoms with van der Waals surface area (Å²) in [5.41, 5.74) is 0.363. The van der Waals surface area contributed by atoms with Gasteiger partial charge in [0.1, 0.15) is 0 Å². The van der Waals surface area contributed by atoms with E-state index < -0.39 is 28.0 Å². The first-order valence-corrected chi connectivity index (χ1v) is 12.0. The Morgan fingerprint density at radius 1 is 1.22 bits per heavy atom. The Balaban J connectivity index is 1.60. The van der Waals surface area contributed by atoms with E-state index in [2.05, 4.69) is 22.1 Å². The maximum absolute atomic E-state index is 13.1. The monoisotopic (exact) mass is 466 g/mol. The number of nitrogens with one attached hydrogen (secondary N) is 2. The fourth-order valence-corrected chi connectivity index (χ4v) is 5.55. The minimum Gasteiger partial charge on any atom is -0.395 e. The van der Waals surface area contributed by atoms with Gasteiger partial charge >= 0.3 is 0 Å². The van der Waals surface area contributed by atoms with Crippen molar-refractivity contribution >= 4 is 21.8 Å². The Morgan fingerprint density at radius 3 is 2.53 bits per heavy atom. The summed E-state index contributed by atoms with van der Waals surface area (Å²) in [5.74, 6) is -0.668. The van der Waals surface area contributed by atoms with E-state index in [-0.39, 0.29) is 24.0 Å². The molecule has 0 spiro atoms. The first-order chi connectivity index (χ1) is 15.3. The molecule has 2 aliphatic heterocycles. The lowest BCUT2D eigenvalue weighted by molar-refractivity contribution is -0.117. The summed E-state index contributed by atoms with van der Waals surface area (Å²) in [7, 11) is -3.90. The summed E-state index contributed by atoms with van der Waals surface area (Å²) in [6.45, 7) is 7.36. The summed E-state index contributed by atoms with van der Waals surface area (Å²) < 4.78 is 32.7. The number of carbonyl (C=O) groups excluding carboxylic acids is 2. The van der Waals surface area contributed by atoms with Crippen molar-refractivity contribution in [2.45, 2.75) is 23.4 Å². The Kier molecular flexibility index (Phi) is 8.38. The van der Waals surface area contributed by atoms with Crippen LogP contribution in [0.5, 0.6) is 0 Å². The topological polar surface area (TPSA) is 128 Å². The molecule has 0 bridgehead atoms. The third-order valence-electron chi connectivity index (χ3n) is 5.65. The normalized spacial score (nSPS) is 22.4. The molecular weight excluding hydrogens is 436 g/mol. The number of rotatable bonds is 9. The molecule has 2 atom stereocenters. The number of aliphatic hydroxyl groups is 1. The van der Waals surface area contributed by atoms with Gasteiger partial charge in [-0.05, 0) is 36.8 Å². The van der Waals surface area contributed by atoms with Crippen LogP contribution in [0.1, 0.15) is 16.8 Å². The molecule has 3 rings (SSSR count). The third-order valence-corrected chi connectivity index (χ3v) is 7.58. The number of amides is 2. The van der Waals surface area contributed by atoms with E-state index >= 15 is 0 Å². The summed E-state index contributed by atoms with van der Waals surface area (Å²) >= 11 is 0. The molecular formula is C21H30N4O6S. The molecule has 0 saturated carbocycles. The molecule has 0 aliphatic carbocycles. The lowest BCUT2D eigenvalue weighted by Gasteiger charge is -2.26. The van der Waals surface area contributed by atoms with Gasteiger partial charge in [0, 0.05) is 44.3 Å². The van der Waals surface area contributed by atoms with E-state index in [4.69, 9.17) is 4.74 Å². The van der Waals surface area contributed by atoms with E-state index in [0.29, 0.717) is 31.7 Å². The minimum atomic E-state index is -3.90. The van der Waals surface area contributed by atoms with Gasteiger partial charge in [-0.2, -0.15) is 4.31 Å². The number of nitrogens with zero attached hydrogens (tertiary/aromatic N) is 2. The predicted molar refractivity (Wildman–Crippen MR) is 118 cm³/mol. The van der Waals surface area contributed by atoms with E-state index in [1.54, 1.807) is 0 Å². The van der Waals surface area contributed by atoms with Crippen molar-refractivity contribution in [2.75, 3.05) is 52.5 Å². The van der Waals surface area contributed by atoms with Gasteiger partial charge in [0.2, 0.25) is 15.9 Å². The van der Waals surface area contributed by atoms with E-state index in [1.165, 1.54) is 28.6 Å². The lowest BCUT2D eigenvalue weighted by atomic mass is 10.2. The van der Waals surface area contributed by atoms with Crippen LogP contribution in [-0.4, -0.2) is 99.2 Å². The molecule has 2 heterocycles. The van der Waals surface area contributed by atoms with Gasteiger partial charge < -0.3 is 20.5 Å². The first-order valence-electron chi connectivity index (χ1n) is 10.6. The van der Waals surface area contributed by atoms with Crippen LogP contribution in [0, 0.1) is 0 Å². The van der Waals surface area contributed by atoms with Crippen molar-refractivity contribution < 1.29 is 27.9 Å². The minimum absolute atomic E-state index is 0.0245.